The minimum absolute atomic E-state index is 0.619. The number of anilines is 2. The Hall–Kier alpha value is -2.21. The second-order valence-corrected chi connectivity index (χ2v) is 3.52. The molecule has 2 rings (SSSR count). The lowest BCUT2D eigenvalue weighted by molar-refractivity contribution is 0.955. The van der Waals surface area contributed by atoms with Crippen LogP contribution in [0, 0.1) is 6.92 Å². The van der Waals surface area contributed by atoms with Crippen molar-refractivity contribution in [3.63, 3.8) is 0 Å². The van der Waals surface area contributed by atoms with Crippen molar-refractivity contribution in [2.45, 2.75) is 13.5 Å². The van der Waals surface area contributed by atoms with E-state index in [9.17, 15) is 0 Å². The van der Waals surface area contributed by atoms with Gasteiger partial charge in [0.05, 0.1) is 12.2 Å². The molecule has 0 amide bonds. The summed E-state index contributed by atoms with van der Waals surface area (Å²) in [4.78, 5) is 12.4. The fourth-order valence-corrected chi connectivity index (χ4v) is 1.42. The van der Waals surface area contributed by atoms with Crippen LogP contribution < -0.4 is 16.6 Å². The minimum atomic E-state index is 0.619. The molecular formula is C11H14N6. The number of aromatic nitrogens is 3. The van der Waals surface area contributed by atoms with Gasteiger partial charge < -0.3 is 10.7 Å². The summed E-state index contributed by atoms with van der Waals surface area (Å²) in [6, 6.07) is 5.58. The van der Waals surface area contributed by atoms with Crippen molar-refractivity contribution in [2.24, 2.45) is 5.84 Å². The lowest BCUT2D eigenvalue weighted by atomic mass is 10.3. The Morgan fingerprint density at radius 2 is 2.06 bits per heavy atom. The molecule has 2 aromatic heterocycles. The van der Waals surface area contributed by atoms with E-state index in [2.05, 4.69) is 25.7 Å². The van der Waals surface area contributed by atoms with Crippen molar-refractivity contribution < 1.29 is 0 Å². The smallest absolute Gasteiger partial charge is 0.141 e. The summed E-state index contributed by atoms with van der Waals surface area (Å²) in [6.07, 6.45) is 3.43. The predicted molar refractivity (Wildman–Crippen MR) is 66.1 cm³/mol. The van der Waals surface area contributed by atoms with E-state index in [1.807, 2.05) is 25.1 Å². The molecule has 2 aromatic rings. The second-order valence-electron chi connectivity index (χ2n) is 3.52. The molecule has 0 bridgehead atoms. The fraction of sp³-hybridized carbons (Fsp3) is 0.182. The molecule has 0 fully saturated rings. The molecule has 0 saturated carbocycles. The number of hydrazine groups is 1. The molecule has 0 saturated heterocycles. The summed E-state index contributed by atoms with van der Waals surface area (Å²) < 4.78 is 0. The topological polar surface area (TPSA) is 88.8 Å². The second kappa shape index (κ2) is 5.22. The molecule has 4 N–H and O–H groups in total. The number of nitrogens with zero attached hydrogens (tertiary/aromatic N) is 3. The van der Waals surface area contributed by atoms with E-state index < -0.39 is 0 Å². The zero-order valence-corrected chi connectivity index (χ0v) is 9.51. The van der Waals surface area contributed by atoms with Crippen molar-refractivity contribution in [2.75, 3.05) is 10.7 Å². The van der Waals surface area contributed by atoms with Crippen LogP contribution in [0.5, 0.6) is 0 Å². The summed E-state index contributed by atoms with van der Waals surface area (Å²) in [7, 11) is 0. The van der Waals surface area contributed by atoms with E-state index in [0.717, 1.165) is 17.2 Å². The number of nitrogen functional groups attached to an aromatic ring is 1. The molecule has 88 valence electrons. The van der Waals surface area contributed by atoms with Crippen LogP contribution in [0.2, 0.25) is 0 Å². The third-order valence-electron chi connectivity index (χ3n) is 2.22. The Labute approximate surface area is 99.3 Å². The van der Waals surface area contributed by atoms with Crippen LogP contribution in [-0.2, 0) is 6.54 Å². The van der Waals surface area contributed by atoms with Crippen LogP contribution in [0.25, 0.3) is 0 Å². The van der Waals surface area contributed by atoms with Crippen LogP contribution in [0.1, 0.15) is 11.5 Å². The summed E-state index contributed by atoms with van der Waals surface area (Å²) in [5.74, 6) is 6.67. The number of hydrogen-bond donors (Lipinski definition) is 3. The third kappa shape index (κ3) is 3.12. The highest BCUT2D eigenvalue weighted by molar-refractivity contribution is 5.51. The molecule has 6 heteroatoms. The lowest BCUT2D eigenvalue weighted by Crippen LogP contribution is -2.09. The number of aryl methyl sites for hydroxylation is 1. The number of nitrogens with one attached hydrogen (secondary N) is 2. The van der Waals surface area contributed by atoms with E-state index in [1.54, 1.807) is 12.4 Å². The van der Waals surface area contributed by atoms with Crippen molar-refractivity contribution in [1.29, 1.82) is 0 Å². The van der Waals surface area contributed by atoms with Gasteiger partial charge in [0.25, 0.3) is 0 Å². The maximum Gasteiger partial charge on any atom is 0.141 e. The molecule has 6 nitrogen and oxygen atoms in total. The molecule has 2 heterocycles. The minimum Gasteiger partial charge on any atom is -0.379 e. The maximum atomic E-state index is 5.28. The van der Waals surface area contributed by atoms with Crippen molar-refractivity contribution in [1.82, 2.24) is 15.0 Å². The molecule has 0 atom stereocenters. The summed E-state index contributed by atoms with van der Waals surface area (Å²) in [5.41, 5.74) is 4.37. The largest absolute Gasteiger partial charge is 0.379 e. The van der Waals surface area contributed by atoms with E-state index in [-0.39, 0.29) is 0 Å². The fourth-order valence-electron chi connectivity index (χ4n) is 1.42. The summed E-state index contributed by atoms with van der Waals surface area (Å²) in [6.45, 7) is 2.50. The summed E-state index contributed by atoms with van der Waals surface area (Å²) in [5, 5.41) is 3.24. The Bertz CT molecular complexity index is 499. The quantitative estimate of drug-likeness (QED) is 0.538. The van der Waals surface area contributed by atoms with Gasteiger partial charge in [0, 0.05) is 24.1 Å². The highest BCUT2D eigenvalue weighted by atomic mass is 15.2. The molecule has 0 aliphatic carbocycles. The van der Waals surface area contributed by atoms with Gasteiger partial charge in [-0.2, -0.15) is 0 Å². The van der Waals surface area contributed by atoms with Crippen molar-refractivity contribution in [3.05, 3.63) is 42.1 Å². The Balaban J connectivity index is 2.02. The number of hydrogen-bond acceptors (Lipinski definition) is 6. The summed E-state index contributed by atoms with van der Waals surface area (Å²) >= 11 is 0. The van der Waals surface area contributed by atoms with E-state index >= 15 is 0 Å². The first-order chi connectivity index (χ1) is 8.28. The SMILES string of the molecule is Cc1nccc(CNc2ccnc(NN)c2)n1. The monoisotopic (exact) mass is 230 g/mol. The van der Waals surface area contributed by atoms with Gasteiger partial charge in [-0.05, 0) is 19.1 Å². The average molecular weight is 230 g/mol. The molecule has 0 spiro atoms. The van der Waals surface area contributed by atoms with Crippen molar-refractivity contribution in [3.8, 4) is 0 Å². The third-order valence-corrected chi connectivity index (χ3v) is 2.22. The van der Waals surface area contributed by atoms with E-state index in [0.29, 0.717) is 12.4 Å². The first kappa shape index (κ1) is 11.3. The normalized spacial score (nSPS) is 10.0. The van der Waals surface area contributed by atoms with Gasteiger partial charge in [0.1, 0.15) is 11.6 Å². The number of pyridine rings is 1. The van der Waals surface area contributed by atoms with E-state index in [4.69, 9.17) is 5.84 Å². The van der Waals surface area contributed by atoms with Crippen LogP contribution in [0.15, 0.2) is 30.6 Å². The van der Waals surface area contributed by atoms with Gasteiger partial charge in [0.2, 0.25) is 0 Å². The first-order valence-electron chi connectivity index (χ1n) is 5.23. The predicted octanol–water partition coefficient (Wildman–Crippen LogP) is 1.08. The van der Waals surface area contributed by atoms with Gasteiger partial charge in [-0.3, -0.25) is 0 Å². The highest BCUT2D eigenvalue weighted by Gasteiger charge is 1.98. The Morgan fingerprint density at radius 3 is 2.82 bits per heavy atom. The highest BCUT2D eigenvalue weighted by Crippen LogP contribution is 2.11. The standard InChI is InChI=1S/C11H14N6/c1-8-13-4-3-10(16-8)7-15-9-2-5-14-11(6-9)17-12/h2-6H,7,12H2,1H3,(H2,14,15,17). The van der Waals surface area contributed by atoms with Gasteiger partial charge in [-0.1, -0.05) is 0 Å². The van der Waals surface area contributed by atoms with Crippen LogP contribution in [0.3, 0.4) is 0 Å². The van der Waals surface area contributed by atoms with Crippen LogP contribution in [0.4, 0.5) is 11.5 Å². The Kier molecular flexibility index (Phi) is 3.46. The molecule has 0 radical (unpaired) electrons. The number of nitrogens with two attached hydrogens (primary N) is 1. The Morgan fingerprint density at radius 1 is 1.24 bits per heavy atom. The van der Waals surface area contributed by atoms with Crippen LogP contribution in [-0.4, -0.2) is 15.0 Å². The molecule has 0 aliphatic rings. The van der Waals surface area contributed by atoms with Gasteiger partial charge >= 0.3 is 0 Å². The first-order valence-corrected chi connectivity index (χ1v) is 5.23. The molecule has 17 heavy (non-hydrogen) atoms. The van der Waals surface area contributed by atoms with E-state index in [1.165, 1.54) is 0 Å². The number of rotatable bonds is 4. The zero-order chi connectivity index (χ0) is 12.1. The van der Waals surface area contributed by atoms with Gasteiger partial charge in [0.15, 0.2) is 0 Å². The molecule has 0 aliphatic heterocycles. The van der Waals surface area contributed by atoms with Crippen molar-refractivity contribution >= 4 is 11.5 Å². The van der Waals surface area contributed by atoms with Gasteiger partial charge in [-0.15, -0.1) is 0 Å². The average Bonchev–Trinajstić information content (AvgIpc) is 2.37. The van der Waals surface area contributed by atoms with Crippen LogP contribution >= 0.6 is 0 Å². The molecule has 0 unspecified atom stereocenters. The van der Waals surface area contributed by atoms with Gasteiger partial charge in [-0.25, -0.2) is 20.8 Å². The lowest BCUT2D eigenvalue weighted by Gasteiger charge is -2.07. The zero-order valence-electron chi connectivity index (χ0n) is 9.51. The molecule has 0 aromatic carbocycles. The maximum absolute atomic E-state index is 5.28. The molecular weight excluding hydrogens is 216 g/mol.